The fraction of sp³-hybridized carbons (Fsp3) is 0.286. The Morgan fingerprint density at radius 3 is 2.62 bits per heavy atom. The molecule has 3 heteroatoms. The van der Waals surface area contributed by atoms with Crippen LogP contribution in [0, 0.1) is 0 Å². The van der Waals surface area contributed by atoms with Crippen LogP contribution in [-0.4, -0.2) is 18.5 Å². The fourth-order valence-corrected chi connectivity index (χ4v) is 2.80. The molecule has 0 radical (unpaired) electrons. The minimum atomic E-state index is -0.132. The molecule has 124 valence electrons. The first-order valence-electron chi connectivity index (χ1n) is 8.15. The van der Waals surface area contributed by atoms with E-state index in [2.05, 4.69) is 13.8 Å². The van der Waals surface area contributed by atoms with Crippen molar-refractivity contribution in [1.29, 1.82) is 0 Å². The smallest absolute Gasteiger partial charge is 0.185 e. The zero-order valence-corrected chi connectivity index (χ0v) is 14.3. The number of benzene rings is 2. The van der Waals surface area contributed by atoms with E-state index < -0.39 is 0 Å². The molecule has 0 spiro atoms. The van der Waals surface area contributed by atoms with Crippen molar-refractivity contribution in [3.8, 4) is 11.5 Å². The summed E-state index contributed by atoms with van der Waals surface area (Å²) in [5.41, 5.74) is 2.64. The van der Waals surface area contributed by atoms with E-state index in [0.29, 0.717) is 5.56 Å². The molecule has 0 bridgehead atoms. The molecule has 1 aliphatic rings. The molecule has 2 aromatic rings. The van der Waals surface area contributed by atoms with Gasteiger partial charge in [-0.15, -0.1) is 0 Å². The summed E-state index contributed by atoms with van der Waals surface area (Å²) in [6.45, 7) is 4.18. The second-order valence-electron chi connectivity index (χ2n) is 6.66. The highest BCUT2D eigenvalue weighted by Crippen LogP contribution is 2.33. The van der Waals surface area contributed by atoms with Gasteiger partial charge in [0.15, 0.2) is 5.78 Å². The number of allylic oxidation sites excluding steroid dienone is 1. The summed E-state index contributed by atoms with van der Waals surface area (Å²) < 4.78 is 11.1. The fourth-order valence-electron chi connectivity index (χ4n) is 2.80. The van der Waals surface area contributed by atoms with Gasteiger partial charge in [0, 0.05) is 5.56 Å². The van der Waals surface area contributed by atoms with Gasteiger partial charge in [-0.25, -0.2) is 0 Å². The van der Waals surface area contributed by atoms with Gasteiger partial charge >= 0.3 is 0 Å². The van der Waals surface area contributed by atoms with Crippen LogP contribution in [0.1, 0.15) is 41.8 Å². The molecule has 0 amide bonds. The van der Waals surface area contributed by atoms with E-state index in [0.717, 1.165) is 35.5 Å². The number of carbonyl (C=O) groups is 1. The molecule has 3 nitrogen and oxygen atoms in total. The third-order valence-electron chi connectivity index (χ3n) is 4.27. The van der Waals surface area contributed by atoms with Crippen molar-refractivity contribution in [2.45, 2.75) is 32.3 Å². The molecule has 1 heterocycles. The Bertz CT molecular complexity index is 770. The van der Waals surface area contributed by atoms with Crippen molar-refractivity contribution >= 4 is 11.9 Å². The van der Waals surface area contributed by atoms with E-state index in [1.165, 1.54) is 0 Å². The first-order valence-corrected chi connectivity index (χ1v) is 8.15. The van der Waals surface area contributed by atoms with Crippen LogP contribution in [0.5, 0.6) is 11.5 Å². The van der Waals surface area contributed by atoms with Gasteiger partial charge in [0.1, 0.15) is 17.1 Å². The lowest BCUT2D eigenvalue weighted by molar-refractivity contribution is 0.0846. The highest BCUT2D eigenvalue weighted by atomic mass is 16.5. The largest absolute Gasteiger partial charge is 0.497 e. The van der Waals surface area contributed by atoms with Crippen molar-refractivity contribution in [1.82, 2.24) is 0 Å². The van der Waals surface area contributed by atoms with Crippen LogP contribution in [0.3, 0.4) is 0 Å². The second kappa shape index (κ2) is 6.52. The molecular weight excluding hydrogens is 300 g/mol. The maximum absolute atomic E-state index is 12.4. The second-order valence-corrected chi connectivity index (χ2v) is 6.66. The number of hydrogen-bond acceptors (Lipinski definition) is 3. The molecule has 0 aromatic heterocycles. The van der Waals surface area contributed by atoms with Crippen molar-refractivity contribution < 1.29 is 14.3 Å². The normalized spacial score (nSPS) is 15.6. The van der Waals surface area contributed by atoms with Crippen LogP contribution < -0.4 is 9.47 Å². The third kappa shape index (κ3) is 3.67. The minimum Gasteiger partial charge on any atom is -0.497 e. The first kappa shape index (κ1) is 16.3. The summed E-state index contributed by atoms with van der Waals surface area (Å²) in [6.07, 6.45) is 5.32. The Morgan fingerprint density at radius 1 is 1.17 bits per heavy atom. The number of fused-ring (bicyclic) bond motifs is 1. The van der Waals surface area contributed by atoms with Crippen molar-refractivity contribution in [2.24, 2.45) is 0 Å². The van der Waals surface area contributed by atoms with Gasteiger partial charge in [-0.3, -0.25) is 4.79 Å². The third-order valence-corrected chi connectivity index (χ3v) is 4.27. The Kier molecular flexibility index (Phi) is 4.43. The SMILES string of the molecule is COc1ccc(/C=C/C(=O)c2ccc3c(c2)CCC(C)(C)O3)cc1. The average Bonchev–Trinajstić information content (AvgIpc) is 2.59. The molecule has 0 fully saturated rings. The quantitative estimate of drug-likeness (QED) is 0.605. The van der Waals surface area contributed by atoms with Gasteiger partial charge in [0.25, 0.3) is 0 Å². The molecule has 0 N–H and O–H groups in total. The van der Waals surface area contributed by atoms with Gasteiger partial charge in [0.05, 0.1) is 7.11 Å². The van der Waals surface area contributed by atoms with Gasteiger partial charge in [0.2, 0.25) is 0 Å². The Balaban J connectivity index is 1.74. The van der Waals surface area contributed by atoms with E-state index >= 15 is 0 Å². The number of rotatable bonds is 4. The lowest BCUT2D eigenvalue weighted by atomic mass is 9.93. The Hall–Kier alpha value is -2.55. The molecule has 0 unspecified atom stereocenters. The van der Waals surface area contributed by atoms with Crippen LogP contribution in [-0.2, 0) is 6.42 Å². The molecule has 0 aliphatic carbocycles. The number of ketones is 1. The first-order chi connectivity index (χ1) is 11.5. The highest BCUT2D eigenvalue weighted by Gasteiger charge is 2.26. The predicted octanol–water partition coefficient (Wildman–Crippen LogP) is 4.69. The highest BCUT2D eigenvalue weighted by molar-refractivity contribution is 6.07. The standard InChI is InChI=1S/C21H22O3/c1-21(2)13-12-17-14-16(7-11-20(17)24-21)19(22)10-6-15-4-8-18(23-3)9-5-15/h4-11,14H,12-13H2,1-3H3/b10-6+. The number of methoxy groups -OCH3 is 1. The summed E-state index contributed by atoms with van der Waals surface area (Å²) in [5.74, 6) is 1.69. The van der Waals surface area contributed by atoms with Crippen molar-refractivity contribution in [3.05, 3.63) is 65.2 Å². The zero-order valence-electron chi connectivity index (χ0n) is 14.3. The maximum atomic E-state index is 12.4. The van der Waals surface area contributed by atoms with Gasteiger partial charge in [-0.1, -0.05) is 18.2 Å². The Labute approximate surface area is 142 Å². The lowest BCUT2D eigenvalue weighted by Gasteiger charge is -2.32. The van der Waals surface area contributed by atoms with Crippen LogP contribution in [0.25, 0.3) is 6.08 Å². The summed E-state index contributed by atoms with van der Waals surface area (Å²) in [7, 11) is 1.63. The summed E-state index contributed by atoms with van der Waals surface area (Å²) in [4.78, 5) is 12.4. The Morgan fingerprint density at radius 2 is 1.92 bits per heavy atom. The maximum Gasteiger partial charge on any atom is 0.185 e. The number of hydrogen-bond donors (Lipinski definition) is 0. The molecule has 0 atom stereocenters. The topological polar surface area (TPSA) is 35.5 Å². The van der Waals surface area contributed by atoms with E-state index in [-0.39, 0.29) is 11.4 Å². The van der Waals surface area contributed by atoms with Gasteiger partial charge in [-0.2, -0.15) is 0 Å². The van der Waals surface area contributed by atoms with Gasteiger partial charge in [-0.05, 0) is 74.2 Å². The van der Waals surface area contributed by atoms with Crippen molar-refractivity contribution in [3.63, 3.8) is 0 Å². The molecule has 0 saturated carbocycles. The number of ether oxygens (including phenoxy) is 2. The van der Waals surface area contributed by atoms with Gasteiger partial charge < -0.3 is 9.47 Å². The predicted molar refractivity (Wildman–Crippen MR) is 95.8 cm³/mol. The van der Waals surface area contributed by atoms with E-state index in [4.69, 9.17) is 9.47 Å². The van der Waals surface area contributed by atoms with Crippen molar-refractivity contribution in [2.75, 3.05) is 7.11 Å². The summed E-state index contributed by atoms with van der Waals surface area (Å²) in [5, 5.41) is 0. The molecule has 2 aromatic carbocycles. The van der Waals surface area contributed by atoms with Crippen LogP contribution in [0.4, 0.5) is 0 Å². The van der Waals surface area contributed by atoms with Crippen LogP contribution >= 0.6 is 0 Å². The molecule has 1 aliphatic heterocycles. The van der Waals surface area contributed by atoms with Crippen LogP contribution in [0.15, 0.2) is 48.5 Å². The summed E-state index contributed by atoms with van der Waals surface area (Å²) >= 11 is 0. The molecule has 24 heavy (non-hydrogen) atoms. The molecular formula is C21H22O3. The zero-order chi connectivity index (χ0) is 17.2. The molecule has 3 rings (SSSR count). The lowest BCUT2D eigenvalue weighted by Crippen LogP contribution is -2.32. The monoisotopic (exact) mass is 322 g/mol. The number of aryl methyl sites for hydroxylation is 1. The van der Waals surface area contributed by atoms with E-state index in [9.17, 15) is 4.79 Å². The average molecular weight is 322 g/mol. The number of carbonyl (C=O) groups excluding carboxylic acids is 1. The molecule has 0 saturated heterocycles. The van der Waals surface area contributed by atoms with E-state index in [1.54, 1.807) is 13.2 Å². The minimum absolute atomic E-state index is 0.00143. The summed E-state index contributed by atoms with van der Waals surface area (Å²) in [6, 6.07) is 13.3. The van der Waals surface area contributed by atoms with E-state index in [1.807, 2.05) is 48.5 Å². The van der Waals surface area contributed by atoms with Crippen LogP contribution in [0.2, 0.25) is 0 Å².